The van der Waals surface area contributed by atoms with Crippen LogP contribution >= 0.6 is 0 Å². The standard InChI is InChI=1S/C16H17NO4/c1-20-14-4-2-3-13(9-17)15(14)21-10-11-5-7-12(8-6-11)16(18)19/h2-8H,9-10,17H2,1H3,(H,18,19). The molecule has 0 saturated carbocycles. The van der Waals surface area contributed by atoms with E-state index in [2.05, 4.69) is 0 Å². The minimum absolute atomic E-state index is 0.249. The highest BCUT2D eigenvalue weighted by Crippen LogP contribution is 2.31. The molecule has 0 atom stereocenters. The Morgan fingerprint density at radius 1 is 1.19 bits per heavy atom. The minimum Gasteiger partial charge on any atom is -0.493 e. The van der Waals surface area contributed by atoms with Gasteiger partial charge in [-0.2, -0.15) is 0 Å². The van der Waals surface area contributed by atoms with Gasteiger partial charge in [0.15, 0.2) is 11.5 Å². The summed E-state index contributed by atoms with van der Waals surface area (Å²) in [4.78, 5) is 10.8. The molecule has 0 unspecified atom stereocenters. The Morgan fingerprint density at radius 2 is 1.90 bits per heavy atom. The number of aromatic carboxylic acids is 1. The minimum atomic E-state index is -0.947. The molecule has 2 rings (SSSR count). The highest BCUT2D eigenvalue weighted by molar-refractivity contribution is 5.87. The van der Waals surface area contributed by atoms with Gasteiger partial charge in [0, 0.05) is 12.1 Å². The van der Waals surface area contributed by atoms with Crippen molar-refractivity contribution in [2.45, 2.75) is 13.2 Å². The number of methoxy groups -OCH3 is 1. The Morgan fingerprint density at radius 3 is 2.48 bits per heavy atom. The number of benzene rings is 2. The summed E-state index contributed by atoms with van der Waals surface area (Å²) in [5.74, 6) is 0.294. The molecular formula is C16H17NO4. The summed E-state index contributed by atoms with van der Waals surface area (Å²) in [5, 5.41) is 8.86. The molecule has 0 aliphatic rings. The van der Waals surface area contributed by atoms with Crippen molar-refractivity contribution in [2.24, 2.45) is 5.73 Å². The monoisotopic (exact) mass is 287 g/mol. The zero-order valence-corrected chi connectivity index (χ0v) is 11.7. The molecule has 2 aromatic carbocycles. The predicted octanol–water partition coefficient (Wildman–Crippen LogP) is 2.43. The third-order valence-corrected chi connectivity index (χ3v) is 3.08. The Bertz CT molecular complexity index is 600. The summed E-state index contributed by atoms with van der Waals surface area (Å²) in [6.45, 7) is 0.664. The van der Waals surface area contributed by atoms with E-state index in [4.69, 9.17) is 20.3 Å². The first kappa shape index (κ1) is 14.9. The third kappa shape index (κ3) is 3.52. The van der Waals surface area contributed by atoms with Crippen molar-refractivity contribution in [1.29, 1.82) is 0 Å². The van der Waals surface area contributed by atoms with Crippen molar-refractivity contribution in [1.82, 2.24) is 0 Å². The Balaban J connectivity index is 2.14. The lowest BCUT2D eigenvalue weighted by Crippen LogP contribution is -2.05. The van der Waals surface area contributed by atoms with Crippen LogP contribution in [0.15, 0.2) is 42.5 Å². The number of carboxylic acids is 1. The van der Waals surface area contributed by atoms with Gasteiger partial charge in [-0.25, -0.2) is 4.79 Å². The van der Waals surface area contributed by atoms with Crippen molar-refractivity contribution >= 4 is 5.97 Å². The number of hydrogen-bond acceptors (Lipinski definition) is 4. The Kier molecular flexibility index (Phi) is 4.79. The number of carbonyl (C=O) groups is 1. The maximum absolute atomic E-state index is 10.8. The van der Waals surface area contributed by atoms with Gasteiger partial charge in [-0.3, -0.25) is 0 Å². The Hall–Kier alpha value is -2.53. The van der Waals surface area contributed by atoms with E-state index in [9.17, 15) is 4.79 Å². The van der Waals surface area contributed by atoms with Crippen LogP contribution < -0.4 is 15.2 Å². The van der Waals surface area contributed by atoms with Crippen LogP contribution in [-0.4, -0.2) is 18.2 Å². The molecule has 0 fully saturated rings. The lowest BCUT2D eigenvalue weighted by Gasteiger charge is -2.14. The number of carboxylic acid groups (broad SMARTS) is 1. The molecule has 0 bridgehead atoms. The molecule has 0 aliphatic heterocycles. The van der Waals surface area contributed by atoms with Gasteiger partial charge in [0.25, 0.3) is 0 Å². The third-order valence-electron chi connectivity index (χ3n) is 3.08. The highest BCUT2D eigenvalue weighted by Gasteiger charge is 2.10. The van der Waals surface area contributed by atoms with Gasteiger partial charge in [-0.1, -0.05) is 24.3 Å². The quantitative estimate of drug-likeness (QED) is 0.852. The summed E-state index contributed by atoms with van der Waals surface area (Å²) >= 11 is 0. The summed E-state index contributed by atoms with van der Waals surface area (Å²) in [7, 11) is 1.57. The Labute approximate surface area is 122 Å². The smallest absolute Gasteiger partial charge is 0.335 e. The first-order valence-electron chi connectivity index (χ1n) is 6.46. The van der Waals surface area contributed by atoms with E-state index in [1.54, 1.807) is 31.4 Å². The second kappa shape index (κ2) is 6.76. The van der Waals surface area contributed by atoms with E-state index in [-0.39, 0.29) is 5.56 Å². The zero-order chi connectivity index (χ0) is 15.2. The van der Waals surface area contributed by atoms with Crippen LogP contribution in [-0.2, 0) is 13.2 Å². The van der Waals surface area contributed by atoms with Gasteiger partial charge in [-0.05, 0) is 23.8 Å². The molecule has 0 heterocycles. The topological polar surface area (TPSA) is 81.8 Å². The fourth-order valence-electron chi connectivity index (χ4n) is 1.95. The maximum atomic E-state index is 10.8. The lowest BCUT2D eigenvalue weighted by atomic mass is 10.1. The predicted molar refractivity (Wildman–Crippen MR) is 78.6 cm³/mol. The summed E-state index contributed by atoms with van der Waals surface area (Å²) in [6, 6.07) is 12.1. The van der Waals surface area contributed by atoms with E-state index >= 15 is 0 Å². The van der Waals surface area contributed by atoms with E-state index in [1.807, 2.05) is 18.2 Å². The second-order valence-corrected chi connectivity index (χ2v) is 4.44. The highest BCUT2D eigenvalue weighted by atomic mass is 16.5. The average molecular weight is 287 g/mol. The molecule has 0 saturated heterocycles. The molecule has 0 aliphatic carbocycles. The van der Waals surface area contributed by atoms with E-state index in [0.29, 0.717) is 24.7 Å². The number of rotatable bonds is 6. The number of ether oxygens (including phenoxy) is 2. The second-order valence-electron chi connectivity index (χ2n) is 4.44. The number of hydrogen-bond donors (Lipinski definition) is 2. The van der Waals surface area contributed by atoms with E-state index in [0.717, 1.165) is 11.1 Å². The van der Waals surface area contributed by atoms with Gasteiger partial charge in [0.1, 0.15) is 6.61 Å². The van der Waals surface area contributed by atoms with Crippen LogP contribution in [0.1, 0.15) is 21.5 Å². The first-order chi connectivity index (χ1) is 10.2. The fourth-order valence-corrected chi connectivity index (χ4v) is 1.95. The van der Waals surface area contributed by atoms with Crippen LogP contribution in [0.4, 0.5) is 0 Å². The van der Waals surface area contributed by atoms with E-state index < -0.39 is 5.97 Å². The largest absolute Gasteiger partial charge is 0.493 e. The molecule has 0 amide bonds. The van der Waals surface area contributed by atoms with Crippen LogP contribution in [0, 0.1) is 0 Å². The average Bonchev–Trinajstić information content (AvgIpc) is 2.52. The SMILES string of the molecule is COc1cccc(CN)c1OCc1ccc(C(=O)O)cc1. The van der Waals surface area contributed by atoms with Crippen molar-refractivity contribution < 1.29 is 19.4 Å². The van der Waals surface area contributed by atoms with Gasteiger partial charge >= 0.3 is 5.97 Å². The molecule has 3 N–H and O–H groups in total. The first-order valence-corrected chi connectivity index (χ1v) is 6.46. The maximum Gasteiger partial charge on any atom is 0.335 e. The van der Waals surface area contributed by atoms with Gasteiger partial charge in [0.05, 0.1) is 12.7 Å². The molecular weight excluding hydrogens is 270 g/mol. The van der Waals surface area contributed by atoms with Crippen molar-refractivity contribution in [2.75, 3.05) is 7.11 Å². The van der Waals surface area contributed by atoms with Gasteiger partial charge in [0.2, 0.25) is 0 Å². The summed E-state index contributed by atoms with van der Waals surface area (Å²) in [5.41, 5.74) is 7.67. The number of para-hydroxylation sites is 1. The lowest BCUT2D eigenvalue weighted by molar-refractivity contribution is 0.0697. The van der Waals surface area contributed by atoms with Crippen LogP contribution in [0.25, 0.3) is 0 Å². The molecule has 2 aromatic rings. The van der Waals surface area contributed by atoms with Crippen molar-refractivity contribution in [3.05, 3.63) is 59.2 Å². The summed E-state index contributed by atoms with van der Waals surface area (Å²) < 4.78 is 11.1. The van der Waals surface area contributed by atoms with E-state index in [1.165, 1.54) is 0 Å². The van der Waals surface area contributed by atoms with Crippen molar-refractivity contribution in [3.8, 4) is 11.5 Å². The number of nitrogens with two attached hydrogens (primary N) is 1. The van der Waals surface area contributed by atoms with Crippen LogP contribution in [0.3, 0.4) is 0 Å². The van der Waals surface area contributed by atoms with Crippen LogP contribution in [0.2, 0.25) is 0 Å². The van der Waals surface area contributed by atoms with Gasteiger partial charge in [-0.15, -0.1) is 0 Å². The molecule has 0 aromatic heterocycles. The molecule has 0 radical (unpaired) electrons. The summed E-state index contributed by atoms with van der Waals surface area (Å²) in [6.07, 6.45) is 0. The zero-order valence-electron chi connectivity index (χ0n) is 11.7. The molecule has 5 heteroatoms. The molecule has 21 heavy (non-hydrogen) atoms. The molecule has 110 valence electrons. The van der Waals surface area contributed by atoms with Gasteiger partial charge < -0.3 is 20.3 Å². The fraction of sp³-hybridized carbons (Fsp3) is 0.188. The molecule has 0 spiro atoms. The molecule has 5 nitrogen and oxygen atoms in total. The van der Waals surface area contributed by atoms with Crippen LogP contribution in [0.5, 0.6) is 11.5 Å². The normalized spacial score (nSPS) is 10.2. The van der Waals surface area contributed by atoms with Crippen molar-refractivity contribution in [3.63, 3.8) is 0 Å².